The van der Waals surface area contributed by atoms with Gasteiger partial charge in [-0.3, -0.25) is 4.98 Å². The number of hydrogen-bond acceptors (Lipinski definition) is 3. The summed E-state index contributed by atoms with van der Waals surface area (Å²) in [4.78, 5) is 4.26. The van der Waals surface area contributed by atoms with Gasteiger partial charge in [-0.2, -0.15) is 0 Å². The van der Waals surface area contributed by atoms with Crippen molar-refractivity contribution in [1.29, 1.82) is 0 Å². The molecule has 1 heterocycles. The summed E-state index contributed by atoms with van der Waals surface area (Å²) in [6, 6.07) is 6.42. The minimum Gasteiger partial charge on any atom is -0.455 e. The average Bonchev–Trinajstić information content (AvgIpc) is 2.41. The summed E-state index contributed by atoms with van der Waals surface area (Å²) < 4.78 is 20.3. The van der Waals surface area contributed by atoms with Crippen molar-refractivity contribution in [1.82, 2.24) is 4.98 Å². The van der Waals surface area contributed by atoms with E-state index in [9.17, 15) is 9.50 Å². The average molecular weight is 317 g/mol. The number of pyridine rings is 1. The third-order valence-electron chi connectivity index (χ3n) is 4.47. The summed E-state index contributed by atoms with van der Waals surface area (Å²) in [5, 5.41) is 10.9. The van der Waals surface area contributed by atoms with Crippen molar-refractivity contribution in [2.75, 3.05) is 0 Å². The van der Waals surface area contributed by atoms with Crippen LogP contribution in [0.4, 0.5) is 4.39 Å². The van der Waals surface area contributed by atoms with Crippen LogP contribution < -0.4 is 4.74 Å². The Morgan fingerprint density at radius 1 is 1.13 bits per heavy atom. The van der Waals surface area contributed by atoms with E-state index >= 15 is 0 Å². The molecule has 124 valence electrons. The van der Waals surface area contributed by atoms with Gasteiger partial charge in [-0.1, -0.05) is 26.8 Å². The number of aromatic nitrogens is 1. The van der Waals surface area contributed by atoms with Crippen molar-refractivity contribution in [2.45, 2.75) is 47.1 Å². The molecule has 4 heteroatoms. The first kappa shape index (κ1) is 17.4. The maximum atomic E-state index is 14.5. The zero-order valence-electron chi connectivity index (χ0n) is 14.6. The van der Waals surface area contributed by atoms with E-state index in [1.807, 2.05) is 40.7 Å². The minimum atomic E-state index is -1.39. The molecule has 0 spiro atoms. The predicted molar refractivity (Wildman–Crippen MR) is 89.2 cm³/mol. The highest BCUT2D eigenvalue weighted by molar-refractivity contribution is 5.43. The topological polar surface area (TPSA) is 42.4 Å². The number of aliphatic hydroxyl groups is 1. The lowest BCUT2D eigenvalue weighted by atomic mass is 9.73. The summed E-state index contributed by atoms with van der Waals surface area (Å²) in [5.41, 5.74) is 0.113. The second-order valence-corrected chi connectivity index (χ2v) is 7.11. The molecule has 0 saturated carbocycles. The molecule has 2 aromatic rings. The maximum absolute atomic E-state index is 14.5. The van der Waals surface area contributed by atoms with Gasteiger partial charge < -0.3 is 9.84 Å². The van der Waals surface area contributed by atoms with Crippen LogP contribution in [-0.2, 0) is 5.60 Å². The summed E-state index contributed by atoms with van der Waals surface area (Å²) in [7, 11) is 0. The fraction of sp³-hybridized carbons (Fsp3) is 0.421. The molecule has 0 aliphatic heterocycles. The SMILES string of the molecule is Cc1cc(Oc2cccc(F)c2C(C)(O)C(C)(C)C)cnc1C. The number of aryl methyl sites for hydroxylation is 2. The highest BCUT2D eigenvalue weighted by Crippen LogP contribution is 2.44. The second kappa shape index (κ2) is 5.93. The molecular weight excluding hydrogens is 293 g/mol. The zero-order chi connectivity index (χ0) is 17.4. The molecule has 0 aliphatic rings. The quantitative estimate of drug-likeness (QED) is 0.877. The van der Waals surface area contributed by atoms with Crippen LogP contribution >= 0.6 is 0 Å². The Balaban J connectivity index is 2.52. The lowest BCUT2D eigenvalue weighted by Gasteiger charge is -2.38. The molecule has 0 fully saturated rings. The second-order valence-electron chi connectivity index (χ2n) is 7.11. The highest BCUT2D eigenvalue weighted by Gasteiger charge is 2.41. The van der Waals surface area contributed by atoms with Crippen molar-refractivity contribution in [3.05, 3.63) is 53.1 Å². The lowest BCUT2D eigenvalue weighted by molar-refractivity contribution is -0.0510. The fourth-order valence-electron chi connectivity index (χ4n) is 2.24. The van der Waals surface area contributed by atoms with Crippen LogP contribution in [0, 0.1) is 25.1 Å². The first-order valence-corrected chi connectivity index (χ1v) is 7.66. The number of benzene rings is 1. The van der Waals surface area contributed by atoms with E-state index in [-0.39, 0.29) is 5.56 Å². The fourth-order valence-corrected chi connectivity index (χ4v) is 2.24. The van der Waals surface area contributed by atoms with Gasteiger partial charge in [0.2, 0.25) is 0 Å². The van der Waals surface area contributed by atoms with Gasteiger partial charge >= 0.3 is 0 Å². The van der Waals surface area contributed by atoms with Crippen LogP contribution in [0.3, 0.4) is 0 Å². The van der Waals surface area contributed by atoms with Crippen LogP contribution in [0.15, 0.2) is 30.5 Å². The normalized spacial score (nSPS) is 14.4. The van der Waals surface area contributed by atoms with E-state index in [1.165, 1.54) is 6.07 Å². The molecule has 0 radical (unpaired) electrons. The molecule has 1 aromatic carbocycles. The first-order chi connectivity index (χ1) is 10.5. The van der Waals surface area contributed by atoms with Crippen LogP contribution in [0.1, 0.15) is 44.5 Å². The van der Waals surface area contributed by atoms with Crippen molar-refractivity contribution < 1.29 is 14.2 Å². The Kier molecular flexibility index (Phi) is 4.49. The lowest BCUT2D eigenvalue weighted by Crippen LogP contribution is -2.38. The standard InChI is InChI=1S/C19H24FNO2/c1-12-10-14(11-21-13(12)2)23-16-9-7-8-15(20)17(16)19(6,22)18(3,4)5/h7-11,22H,1-6H3. The van der Waals surface area contributed by atoms with Gasteiger partial charge in [0, 0.05) is 5.69 Å². The molecule has 0 amide bonds. The van der Waals surface area contributed by atoms with Gasteiger partial charge in [-0.05, 0) is 49.9 Å². The predicted octanol–water partition coefficient (Wildman–Crippen LogP) is 4.88. The van der Waals surface area contributed by atoms with E-state index < -0.39 is 16.8 Å². The molecule has 0 aliphatic carbocycles. The van der Waals surface area contributed by atoms with Gasteiger partial charge in [0.1, 0.15) is 17.3 Å². The Morgan fingerprint density at radius 3 is 2.35 bits per heavy atom. The molecule has 1 N–H and O–H groups in total. The van der Waals surface area contributed by atoms with E-state index in [4.69, 9.17) is 4.74 Å². The van der Waals surface area contributed by atoms with Gasteiger partial charge in [0.25, 0.3) is 0 Å². The Labute approximate surface area is 137 Å². The van der Waals surface area contributed by atoms with Crippen molar-refractivity contribution in [3.8, 4) is 11.5 Å². The van der Waals surface area contributed by atoms with Gasteiger partial charge in [-0.15, -0.1) is 0 Å². The Bertz CT molecular complexity index is 718. The molecule has 1 unspecified atom stereocenters. The van der Waals surface area contributed by atoms with E-state index in [2.05, 4.69) is 4.98 Å². The summed E-state index contributed by atoms with van der Waals surface area (Å²) in [6.07, 6.45) is 1.60. The molecule has 0 bridgehead atoms. The van der Waals surface area contributed by atoms with Crippen LogP contribution in [-0.4, -0.2) is 10.1 Å². The number of halogens is 1. The van der Waals surface area contributed by atoms with E-state index in [0.29, 0.717) is 11.5 Å². The van der Waals surface area contributed by atoms with E-state index in [0.717, 1.165) is 11.3 Å². The third-order valence-corrected chi connectivity index (χ3v) is 4.47. The van der Waals surface area contributed by atoms with Crippen molar-refractivity contribution >= 4 is 0 Å². The number of hydrogen-bond donors (Lipinski definition) is 1. The molecule has 0 saturated heterocycles. The van der Waals surface area contributed by atoms with Crippen LogP contribution in [0.2, 0.25) is 0 Å². The smallest absolute Gasteiger partial charge is 0.146 e. The first-order valence-electron chi connectivity index (χ1n) is 7.66. The summed E-state index contributed by atoms with van der Waals surface area (Å²) in [5.74, 6) is 0.332. The zero-order valence-corrected chi connectivity index (χ0v) is 14.6. The minimum absolute atomic E-state index is 0.158. The maximum Gasteiger partial charge on any atom is 0.146 e. The monoisotopic (exact) mass is 317 g/mol. The Hall–Kier alpha value is -1.94. The highest BCUT2D eigenvalue weighted by atomic mass is 19.1. The molecule has 23 heavy (non-hydrogen) atoms. The number of ether oxygens (including phenoxy) is 1. The molecule has 1 atom stereocenters. The van der Waals surface area contributed by atoms with Crippen molar-refractivity contribution in [2.24, 2.45) is 5.41 Å². The number of nitrogens with zero attached hydrogens (tertiary/aromatic N) is 1. The molecular formula is C19H24FNO2. The summed E-state index contributed by atoms with van der Waals surface area (Å²) in [6.45, 7) is 11.0. The molecule has 2 rings (SSSR count). The molecule has 1 aromatic heterocycles. The largest absolute Gasteiger partial charge is 0.455 e. The molecule has 3 nitrogen and oxygen atoms in total. The van der Waals surface area contributed by atoms with Gasteiger partial charge in [-0.25, -0.2) is 4.39 Å². The van der Waals surface area contributed by atoms with Gasteiger partial charge in [0.15, 0.2) is 0 Å². The third kappa shape index (κ3) is 3.37. The van der Waals surface area contributed by atoms with Crippen LogP contribution in [0.25, 0.3) is 0 Å². The Morgan fingerprint density at radius 2 is 1.78 bits per heavy atom. The van der Waals surface area contributed by atoms with Gasteiger partial charge in [0.05, 0.1) is 17.4 Å². The van der Waals surface area contributed by atoms with Crippen molar-refractivity contribution in [3.63, 3.8) is 0 Å². The van der Waals surface area contributed by atoms with Crippen LogP contribution in [0.5, 0.6) is 11.5 Å². The summed E-state index contributed by atoms with van der Waals surface area (Å²) >= 11 is 0. The van der Waals surface area contributed by atoms with E-state index in [1.54, 1.807) is 25.3 Å². The number of rotatable bonds is 3.